The second kappa shape index (κ2) is 5.02. The molecule has 4 nitrogen and oxygen atoms in total. The Labute approximate surface area is 103 Å². The molecule has 17 heavy (non-hydrogen) atoms. The van der Waals surface area contributed by atoms with Gasteiger partial charge in [-0.2, -0.15) is 0 Å². The summed E-state index contributed by atoms with van der Waals surface area (Å²) < 4.78 is 0. The van der Waals surface area contributed by atoms with Crippen molar-refractivity contribution in [1.82, 2.24) is 14.8 Å². The molecular formula is C13H22N4. The number of likely N-dealkylation sites (N-methyl/N-ethyl adjacent to an activating group) is 1. The predicted octanol–water partition coefficient (Wildman–Crippen LogP) is 1.05. The molecule has 0 radical (unpaired) electrons. The maximum Gasteiger partial charge on any atom is 0.0545 e. The van der Waals surface area contributed by atoms with Crippen molar-refractivity contribution in [2.45, 2.75) is 19.5 Å². The molecule has 0 saturated carbocycles. The number of aromatic nitrogens is 1. The molecule has 2 unspecified atom stereocenters. The van der Waals surface area contributed by atoms with Crippen LogP contribution in [0.3, 0.4) is 0 Å². The van der Waals surface area contributed by atoms with E-state index in [0.29, 0.717) is 6.04 Å². The van der Waals surface area contributed by atoms with Crippen LogP contribution in [0, 0.1) is 5.92 Å². The van der Waals surface area contributed by atoms with Crippen molar-refractivity contribution >= 4 is 5.69 Å². The standard InChI is InChI=1S/C13H22N4/c1-10-7-17(9-13(10)16(2)3)8-12-5-4-11(14)6-15-12/h4-6,10,13H,7-9,14H2,1-3H3. The first-order chi connectivity index (χ1) is 8.06. The van der Waals surface area contributed by atoms with Gasteiger partial charge in [-0.15, -0.1) is 0 Å². The number of pyridine rings is 1. The first-order valence-corrected chi connectivity index (χ1v) is 6.15. The van der Waals surface area contributed by atoms with E-state index in [9.17, 15) is 0 Å². The van der Waals surface area contributed by atoms with Gasteiger partial charge in [0.15, 0.2) is 0 Å². The lowest BCUT2D eigenvalue weighted by atomic mass is 10.1. The van der Waals surface area contributed by atoms with Crippen LogP contribution in [0.15, 0.2) is 18.3 Å². The van der Waals surface area contributed by atoms with Gasteiger partial charge in [-0.05, 0) is 32.1 Å². The molecule has 1 fully saturated rings. The van der Waals surface area contributed by atoms with Crippen LogP contribution in [0.4, 0.5) is 5.69 Å². The van der Waals surface area contributed by atoms with Crippen molar-refractivity contribution in [3.63, 3.8) is 0 Å². The van der Waals surface area contributed by atoms with Gasteiger partial charge in [0, 0.05) is 25.7 Å². The van der Waals surface area contributed by atoms with Crippen LogP contribution in [0.2, 0.25) is 0 Å². The van der Waals surface area contributed by atoms with Crippen LogP contribution < -0.4 is 5.73 Å². The molecule has 4 heteroatoms. The summed E-state index contributed by atoms with van der Waals surface area (Å²) in [5.74, 6) is 0.721. The Kier molecular flexibility index (Phi) is 3.64. The van der Waals surface area contributed by atoms with Crippen molar-refractivity contribution < 1.29 is 0 Å². The number of nitrogens with zero attached hydrogens (tertiary/aromatic N) is 3. The van der Waals surface area contributed by atoms with Gasteiger partial charge >= 0.3 is 0 Å². The monoisotopic (exact) mass is 234 g/mol. The summed E-state index contributed by atoms with van der Waals surface area (Å²) in [5.41, 5.74) is 7.47. The predicted molar refractivity (Wildman–Crippen MR) is 70.6 cm³/mol. The van der Waals surface area contributed by atoms with Crippen LogP contribution in [0.1, 0.15) is 12.6 Å². The Bertz CT molecular complexity index is 360. The van der Waals surface area contributed by atoms with Gasteiger partial charge in [0.1, 0.15) is 0 Å². The molecule has 94 valence electrons. The summed E-state index contributed by atoms with van der Waals surface area (Å²) in [5, 5.41) is 0. The van der Waals surface area contributed by atoms with Gasteiger partial charge in [-0.25, -0.2) is 0 Å². The topological polar surface area (TPSA) is 45.4 Å². The van der Waals surface area contributed by atoms with Crippen molar-refractivity contribution in [3.05, 3.63) is 24.0 Å². The number of rotatable bonds is 3. The van der Waals surface area contributed by atoms with E-state index in [0.717, 1.165) is 36.9 Å². The molecule has 2 heterocycles. The third kappa shape index (κ3) is 2.96. The number of likely N-dealkylation sites (tertiary alicyclic amines) is 1. The highest BCUT2D eigenvalue weighted by Gasteiger charge is 2.30. The van der Waals surface area contributed by atoms with Gasteiger partial charge in [-0.1, -0.05) is 6.92 Å². The molecule has 1 aromatic heterocycles. The van der Waals surface area contributed by atoms with Gasteiger partial charge in [0.2, 0.25) is 0 Å². The van der Waals surface area contributed by atoms with E-state index in [-0.39, 0.29) is 0 Å². The molecular weight excluding hydrogens is 212 g/mol. The Morgan fingerprint density at radius 2 is 2.18 bits per heavy atom. The number of hydrogen-bond donors (Lipinski definition) is 1. The zero-order chi connectivity index (χ0) is 12.4. The molecule has 0 bridgehead atoms. The Balaban J connectivity index is 1.95. The van der Waals surface area contributed by atoms with Crippen LogP contribution in [0.5, 0.6) is 0 Å². The fourth-order valence-electron chi connectivity index (χ4n) is 2.61. The van der Waals surface area contributed by atoms with Crippen molar-refractivity contribution in [3.8, 4) is 0 Å². The van der Waals surface area contributed by atoms with Crippen LogP contribution in [0.25, 0.3) is 0 Å². The zero-order valence-electron chi connectivity index (χ0n) is 10.9. The Morgan fingerprint density at radius 1 is 1.41 bits per heavy atom. The van der Waals surface area contributed by atoms with Gasteiger partial charge in [0.25, 0.3) is 0 Å². The molecule has 2 atom stereocenters. The molecule has 2 rings (SSSR count). The molecule has 2 N–H and O–H groups in total. The van der Waals surface area contributed by atoms with E-state index < -0.39 is 0 Å². The van der Waals surface area contributed by atoms with E-state index in [1.165, 1.54) is 0 Å². The van der Waals surface area contributed by atoms with E-state index in [1.807, 2.05) is 12.1 Å². The van der Waals surface area contributed by atoms with E-state index >= 15 is 0 Å². The van der Waals surface area contributed by atoms with Crippen molar-refractivity contribution in [2.75, 3.05) is 32.9 Å². The highest BCUT2D eigenvalue weighted by molar-refractivity contribution is 5.34. The minimum absolute atomic E-state index is 0.656. The maximum absolute atomic E-state index is 5.64. The molecule has 1 saturated heterocycles. The minimum Gasteiger partial charge on any atom is -0.397 e. The van der Waals surface area contributed by atoms with Crippen LogP contribution in [-0.4, -0.2) is 48.0 Å². The number of nitrogens with two attached hydrogens (primary N) is 1. The summed E-state index contributed by atoms with van der Waals surface area (Å²) in [4.78, 5) is 9.14. The SMILES string of the molecule is CC1CN(Cc2ccc(N)cn2)CC1N(C)C. The summed E-state index contributed by atoms with van der Waals surface area (Å²) in [6.07, 6.45) is 1.73. The molecule has 0 aromatic carbocycles. The lowest BCUT2D eigenvalue weighted by Gasteiger charge is -2.22. The molecule has 1 aliphatic rings. The second-order valence-corrected chi connectivity index (χ2v) is 5.29. The van der Waals surface area contributed by atoms with Crippen molar-refractivity contribution in [1.29, 1.82) is 0 Å². The summed E-state index contributed by atoms with van der Waals surface area (Å²) >= 11 is 0. The third-order valence-electron chi connectivity index (χ3n) is 3.54. The summed E-state index contributed by atoms with van der Waals surface area (Å²) in [7, 11) is 4.32. The number of nitrogen functional groups attached to an aromatic ring is 1. The van der Waals surface area contributed by atoms with Gasteiger partial charge < -0.3 is 10.6 Å². The number of hydrogen-bond acceptors (Lipinski definition) is 4. The second-order valence-electron chi connectivity index (χ2n) is 5.29. The first kappa shape index (κ1) is 12.3. The first-order valence-electron chi connectivity index (χ1n) is 6.15. The van der Waals surface area contributed by atoms with Gasteiger partial charge in [-0.3, -0.25) is 9.88 Å². The molecule has 0 spiro atoms. The number of anilines is 1. The molecule has 0 aliphatic carbocycles. The fourth-order valence-corrected chi connectivity index (χ4v) is 2.61. The third-order valence-corrected chi connectivity index (χ3v) is 3.54. The Hall–Kier alpha value is -1.13. The quantitative estimate of drug-likeness (QED) is 0.849. The molecule has 1 aliphatic heterocycles. The van der Waals surface area contributed by atoms with Crippen molar-refractivity contribution in [2.24, 2.45) is 5.92 Å². The average Bonchev–Trinajstić information content (AvgIpc) is 2.63. The smallest absolute Gasteiger partial charge is 0.0545 e. The van der Waals surface area contributed by atoms with E-state index in [4.69, 9.17) is 5.73 Å². The maximum atomic E-state index is 5.64. The fraction of sp³-hybridized carbons (Fsp3) is 0.615. The zero-order valence-corrected chi connectivity index (χ0v) is 10.9. The normalized spacial score (nSPS) is 25.6. The minimum atomic E-state index is 0.656. The molecule has 0 amide bonds. The largest absolute Gasteiger partial charge is 0.397 e. The van der Waals surface area contributed by atoms with Gasteiger partial charge in [0.05, 0.1) is 17.6 Å². The highest BCUT2D eigenvalue weighted by atomic mass is 15.2. The molecule has 1 aromatic rings. The highest BCUT2D eigenvalue weighted by Crippen LogP contribution is 2.21. The van der Waals surface area contributed by atoms with Crippen LogP contribution >= 0.6 is 0 Å². The van der Waals surface area contributed by atoms with Crippen LogP contribution in [-0.2, 0) is 6.54 Å². The lowest BCUT2D eigenvalue weighted by Crippen LogP contribution is -2.34. The average molecular weight is 234 g/mol. The lowest BCUT2D eigenvalue weighted by molar-refractivity contribution is 0.249. The van der Waals surface area contributed by atoms with E-state index in [1.54, 1.807) is 6.20 Å². The summed E-state index contributed by atoms with van der Waals surface area (Å²) in [6, 6.07) is 4.60. The Morgan fingerprint density at radius 3 is 2.71 bits per heavy atom. The summed E-state index contributed by atoms with van der Waals surface area (Å²) in [6.45, 7) is 5.52. The van der Waals surface area contributed by atoms with E-state index in [2.05, 4.69) is 35.8 Å².